The summed E-state index contributed by atoms with van der Waals surface area (Å²) in [5, 5.41) is 6.15. The van der Waals surface area contributed by atoms with E-state index in [9.17, 15) is 9.18 Å². The Morgan fingerprint density at radius 2 is 1.84 bits per heavy atom. The van der Waals surface area contributed by atoms with Crippen molar-refractivity contribution in [2.24, 2.45) is 5.10 Å². The summed E-state index contributed by atoms with van der Waals surface area (Å²) in [7, 11) is 3.47. The number of hydrazone groups is 1. The van der Waals surface area contributed by atoms with Crippen molar-refractivity contribution in [2.45, 2.75) is 12.5 Å². The average Bonchev–Trinajstić information content (AvgIpc) is 3.25. The van der Waals surface area contributed by atoms with Crippen molar-refractivity contribution in [1.82, 2.24) is 5.01 Å². The minimum absolute atomic E-state index is 0.151. The second-order valence-corrected chi connectivity index (χ2v) is 7.45. The van der Waals surface area contributed by atoms with Crippen LogP contribution in [0.2, 0.25) is 0 Å². The van der Waals surface area contributed by atoms with Gasteiger partial charge in [-0.05, 0) is 42.0 Å². The fourth-order valence-electron chi connectivity index (χ4n) is 3.81. The Balaban J connectivity index is 1.66. The third-order valence-electron chi connectivity index (χ3n) is 5.39. The first-order valence-electron chi connectivity index (χ1n) is 10.1. The number of ether oxygens (including phenoxy) is 1. The quantitative estimate of drug-likeness (QED) is 0.587. The number of benzene rings is 3. The van der Waals surface area contributed by atoms with Crippen LogP contribution in [-0.2, 0) is 4.79 Å². The summed E-state index contributed by atoms with van der Waals surface area (Å²) in [6.07, 6.45) is 0.477. The molecule has 1 aliphatic heterocycles. The van der Waals surface area contributed by atoms with Crippen molar-refractivity contribution in [3.63, 3.8) is 0 Å². The molecule has 4 rings (SSSR count). The largest absolute Gasteiger partial charge is 0.496 e. The highest BCUT2D eigenvalue weighted by Crippen LogP contribution is 2.35. The molecule has 0 radical (unpaired) electrons. The van der Waals surface area contributed by atoms with E-state index < -0.39 is 0 Å². The van der Waals surface area contributed by atoms with Crippen LogP contribution >= 0.6 is 0 Å². The number of hydrogen-bond acceptors (Lipinski definition) is 4. The molecule has 5 nitrogen and oxygen atoms in total. The molecular formula is C25H24FN3O2. The van der Waals surface area contributed by atoms with Gasteiger partial charge in [-0.1, -0.05) is 42.5 Å². The molecule has 3 aromatic rings. The van der Waals surface area contributed by atoms with Crippen LogP contribution < -0.4 is 9.64 Å². The van der Waals surface area contributed by atoms with Crippen LogP contribution in [0.4, 0.5) is 10.1 Å². The minimum Gasteiger partial charge on any atom is -0.496 e. The Morgan fingerprint density at radius 1 is 1.10 bits per heavy atom. The molecule has 0 aromatic heterocycles. The van der Waals surface area contributed by atoms with Crippen molar-refractivity contribution < 1.29 is 13.9 Å². The van der Waals surface area contributed by atoms with E-state index in [-0.39, 0.29) is 24.3 Å². The van der Waals surface area contributed by atoms with E-state index in [2.05, 4.69) is 5.10 Å². The smallest absolute Gasteiger partial charge is 0.262 e. The van der Waals surface area contributed by atoms with Crippen LogP contribution in [0.3, 0.4) is 0 Å². The van der Waals surface area contributed by atoms with Crippen LogP contribution in [0.1, 0.15) is 23.6 Å². The van der Waals surface area contributed by atoms with E-state index in [4.69, 9.17) is 4.74 Å². The molecule has 0 saturated carbocycles. The monoisotopic (exact) mass is 417 g/mol. The van der Waals surface area contributed by atoms with Crippen molar-refractivity contribution in [2.75, 3.05) is 25.6 Å². The van der Waals surface area contributed by atoms with Gasteiger partial charge >= 0.3 is 0 Å². The maximum absolute atomic E-state index is 13.9. The molecule has 0 fully saturated rings. The number of rotatable bonds is 6. The number of carbonyl (C=O) groups is 1. The third kappa shape index (κ3) is 4.43. The Labute approximate surface area is 181 Å². The Hall–Kier alpha value is -3.67. The van der Waals surface area contributed by atoms with Gasteiger partial charge in [0, 0.05) is 24.7 Å². The molecule has 0 spiro atoms. The molecule has 3 aromatic carbocycles. The molecule has 1 unspecified atom stereocenters. The number of para-hydroxylation sites is 2. The second-order valence-electron chi connectivity index (χ2n) is 7.45. The highest BCUT2D eigenvalue weighted by atomic mass is 19.1. The van der Waals surface area contributed by atoms with E-state index >= 15 is 0 Å². The van der Waals surface area contributed by atoms with Crippen LogP contribution in [-0.4, -0.2) is 37.3 Å². The van der Waals surface area contributed by atoms with Gasteiger partial charge in [0.25, 0.3) is 5.91 Å². The van der Waals surface area contributed by atoms with Gasteiger partial charge in [0.2, 0.25) is 0 Å². The van der Waals surface area contributed by atoms with Gasteiger partial charge in [-0.2, -0.15) is 5.10 Å². The normalized spacial score (nSPS) is 15.5. The lowest BCUT2D eigenvalue weighted by molar-refractivity contribution is -0.131. The first kappa shape index (κ1) is 20.6. The van der Waals surface area contributed by atoms with Gasteiger partial charge in [-0.3, -0.25) is 4.79 Å². The predicted octanol–water partition coefficient (Wildman–Crippen LogP) is 4.65. The van der Waals surface area contributed by atoms with E-state index in [1.165, 1.54) is 17.1 Å². The number of halogens is 1. The van der Waals surface area contributed by atoms with Gasteiger partial charge in [-0.25, -0.2) is 9.40 Å². The lowest BCUT2D eigenvalue weighted by atomic mass is 9.98. The zero-order valence-corrected chi connectivity index (χ0v) is 17.5. The second kappa shape index (κ2) is 9.00. The summed E-state index contributed by atoms with van der Waals surface area (Å²) >= 11 is 0. The number of carbonyl (C=O) groups excluding carboxylic acids is 1. The highest BCUT2D eigenvalue weighted by molar-refractivity contribution is 6.05. The molecular weight excluding hydrogens is 393 g/mol. The molecule has 0 bridgehead atoms. The van der Waals surface area contributed by atoms with Gasteiger partial charge in [0.1, 0.15) is 11.6 Å². The topological polar surface area (TPSA) is 45.1 Å². The molecule has 0 aliphatic carbocycles. The molecule has 31 heavy (non-hydrogen) atoms. The van der Waals surface area contributed by atoms with E-state index in [1.807, 2.05) is 72.6 Å². The number of amides is 1. The number of likely N-dealkylation sites (N-methyl/N-ethyl adjacent to an activating group) is 1. The molecule has 1 atom stereocenters. The van der Waals surface area contributed by atoms with Crippen molar-refractivity contribution >= 4 is 17.3 Å². The highest BCUT2D eigenvalue weighted by Gasteiger charge is 2.34. The summed E-state index contributed by atoms with van der Waals surface area (Å²) in [5.41, 5.74) is 3.22. The van der Waals surface area contributed by atoms with Gasteiger partial charge in [-0.15, -0.1) is 0 Å². The zero-order chi connectivity index (χ0) is 21.8. The number of anilines is 1. The predicted molar refractivity (Wildman–Crippen MR) is 120 cm³/mol. The zero-order valence-electron chi connectivity index (χ0n) is 17.5. The van der Waals surface area contributed by atoms with E-state index in [0.717, 1.165) is 17.0 Å². The molecule has 1 aliphatic rings. The number of nitrogens with zero attached hydrogens (tertiary/aromatic N) is 3. The summed E-state index contributed by atoms with van der Waals surface area (Å²) in [6, 6.07) is 23.2. The van der Waals surface area contributed by atoms with Crippen LogP contribution in [0.5, 0.6) is 5.75 Å². The van der Waals surface area contributed by atoms with Crippen LogP contribution in [0, 0.1) is 5.82 Å². The first-order chi connectivity index (χ1) is 15.1. The third-order valence-corrected chi connectivity index (χ3v) is 5.39. The summed E-state index contributed by atoms with van der Waals surface area (Å²) in [4.78, 5) is 15.2. The Bertz CT molecular complexity index is 1100. The summed E-state index contributed by atoms with van der Waals surface area (Å²) < 4.78 is 19.4. The van der Waals surface area contributed by atoms with Crippen LogP contribution in [0.15, 0.2) is 84.0 Å². The first-order valence-corrected chi connectivity index (χ1v) is 10.1. The SMILES string of the molecule is COc1ccccc1C1=NN(C(=O)CN(C)c2ccccc2)C(c2cccc(F)c2)C1. The molecule has 1 amide bonds. The van der Waals surface area contributed by atoms with E-state index in [0.29, 0.717) is 17.7 Å². The Morgan fingerprint density at radius 3 is 2.58 bits per heavy atom. The molecule has 158 valence electrons. The summed E-state index contributed by atoms with van der Waals surface area (Å²) in [5.74, 6) is 0.192. The van der Waals surface area contributed by atoms with Crippen LogP contribution in [0.25, 0.3) is 0 Å². The number of hydrogen-bond donors (Lipinski definition) is 0. The van der Waals surface area contributed by atoms with Crippen molar-refractivity contribution in [3.8, 4) is 5.75 Å². The van der Waals surface area contributed by atoms with Gasteiger partial charge < -0.3 is 9.64 Å². The molecule has 0 saturated heterocycles. The standard InChI is InChI=1S/C25H24FN3O2/c1-28(20-11-4-3-5-12-20)17-25(30)29-23(18-9-8-10-19(26)15-18)16-22(27-29)21-13-6-7-14-24(21)31-2/h3-15,23H,16-17H2,1-2H3. The summed E-state index contributed by atoms with van der Waals surface area (Å²) in [6.45, 7) is 0.151. The van der Waals surface area contributed by atoms with Crippen molar-refractivity contribution in [1.29, 1.82) is 0 Å². The number of methoxy groups -OCH3 is 1. The molecule has 0 N–H and O–H groups in total. The average molecular weight is 417 g/mol. The van der Waals surface area contributed by atoms with Gasteiger partial charge in [0.15, 0.2) is 0 Å². The molecule has 1 heterocycles. The maximum Gasteiger partial charge on any atom is 0.262 e. The van der Waals surface area contributed by atoms with Gasteiger partial charge in [0.05, 0.1) is 25.4 Å². The minimum atomic E-state index is -0.382. The Kier molecular flexibility index (Phi) is 5.98. The lowest BCUT2D eigenvalue weighted by Gasteiger charge is -2.25. The lowest BCUT2D eigenvalue weighted by Crippen LogP contribution is -2.36. The fraction of sp³-hybridized carbons (Fsp3) is 0.200. The molecule has 6 heteroatoms. The maximum atomic E-state index is 13.9. The van der Waals surface area contributed by atoms with Crippen molar-refractivity contribution in [3.05, 3.63) is 95.8 Å². The van der Waals surface area contributed by atoms with E-state index in [1.54, 1.807) is 13.2 Å². The fourth-order valence-corrected chi connectivity index (χ4v) is 3.81.